The van der Waals surface area contributed by atoms with E-state index in [1.54, 1.807) is 0 Å². The molecule has 0 saturated carbocycles. The summed E-state index contributed by atoms with van der Waals surface area (Å²) in [5, 5.41) is 7.70. The molecule has 9 heteroatoms. The molecule has 0 bridgehead atoms. The summed E-state index contributed by atoms with van der Waals surface area (Å²) in [5.41, 5.74) is 0. The van der Waals surface area contributed by atoms with Crippen molar-refractivity contribution in [2.75, 3.05) is 7.11 Å². The van der Waals surface area contributed by atoms with E-state index in [1.165, 1.54) is 0 Å². The van der Waals surface area contributed by atoms with Crippen LogP contribution in [-0.4, -0.2) is 30.4 Å². The zero-order valence-electron chi connectivity index (χ0n) is 6.50. The molecule has 2 nitrogen and oxygen atoms in total. The fourth-order valence-electron chi connectivity index (χ4n) is 0.569. The van der Waals surface area contributed by atoms with Gasteiger partial charge in [-0.15, -0.1) is 0 Å². The van der Waals surface area contributed by atoms with Gasteiger partial charge in [0.2, 0.25) is 0 Å². The number of hydrogen-bond donors (Lipinski definition) is 1. The molecule has 0 saturated heterocycles. The molecule has 0 aliphatic carbocycles. The van der Waals surface area contributed by atoms with Gasteiger partial charge in [-0.05, 0) is 0 Å². The third kappa shape index (κ3) is 2.47. The number of halogens is 7. The van der Waals surface area contributed by atoms with Crippen LogP contribution in [0.4, 0.5) is 30.7 Å². The van der Waals surface area contributed by atoms with Crippen LogP contribution in [0, 0.1) is 6.10 Å². The molecule has 85 valence electrons. The van der Waals surface area contributed by atoms with E-state index in [4.69, 9.17) is 5.11 Å². The van der Waals surface area contributed by atoms with Crippen LogP contribution in [0.3, 0.4) is 0 Å². The van der Waals surface area contributed by atoms with Gasteiger partial charge in [0.1, 0.15) is 0 Å². The molecule has 1 N–H and O–H groups in total. The first kappa shape index (κ1) is 13.4. The standard InChI is InChI=1S/C5H4F7O2/c1-14-2(4(8,9)13)3(6,7)5(10,11)12/h13H,1H3. The molecule has 14 heavy (non-hydrogen) atoms. The van der Waals surface area contributed by atoms with Crippen LogP contribution in [0.15, 0.2) is 0 Å². The molecule has 1 radical (unpaired) electrons. The maximum Gasteiger partial charge on any atom is 0.456 e. The molecule has 0 spiro atoms. The zero-order valence-corrected chi connectivity index (χ0v) is 6.50. The highest BCUT2D eigenvalue weighted by Gasteiger charge is 2.71. The van der Waals surface area contributed by atoms with E-state index in [0.717, 1.165) is 0 Å². The summed E-state index contributed by atoms with van der Waals surface area (Å²) in [6, 6.07) is 0. The maximum absolute atomic E-state index is 12.2. The summed E-state index contributed by atoms with van der Waals surface area (Å²) >= 11 is 0. The summed E-state index contributed by atoms with van der Waals surface area (Å²) in [7, 11) is 0.166. The highest BCUT2D eigenvalue weighted by Crippen LogP contribution is 2.47. The van der Waals surface area contributed by atoms with Gasteiger partial charge in [-0.3, -0.25) is 0 Å². The maximum atomic E-state index is 12.2. The third-order valence-electron chi connectivity index (χ3n) is 1.12. The average molecular weight is 229 g/mol. The van der Waals surface area contributed by atoms with Crippen molar-refractivity contribution < 1.29 is 40.6 Å². The number of ether oxygens (including phenoxy) is 1. The Morgan fingerprint density at radius 2 is 1.36 bits per heavy atom. The summed E-state index contributed by atoms with van der Waals surface area (Å²) in [5.74, 6) is -5.92. The molecule has 0 heterocycles. The van der Waals surface area contributed by atoms with Crippen molar-refractivity contribution in [2.24, 2.45) is 0 Å². The van der Waals surface area contributed by atoms with Crippen LogP contribution in [0.2, 0.25) is 0 Å². The second-order valence-electron chi connectivity index (χ2n) is 2.15. The number of rotatable bonds is 3. The van der Waals surface area contributed by atoms with E-state index in [0.29, 0.717) is 0 Å². The number of alkyl halides is 7. The van der Waals surface area contributed by atoms with E-state index in [-0.39, 0.29) is 7.11 Å². The number of methoxy groups -OCH3 is 1. The quantitative estimate of drug-likeness (QED) is 0.749. The predicted octanol–water partition coefficient (Wildman–Crippen LogP) is 1.95. The predicted molar refractivity (Wildman–Crippen MR) is 28.4 cm³/mol. The average Bonchev–Trinajstić information content (AvgIpc) is 1.80. The minimum atomic E-state index is -6.26. The molecule has 0 unspecified atom stereocenters. The smallest absolute Gasteiger partial charge is 0.361 e. The lowest BCUT2D eigenvalue weighted by Gasteiger charge is -2.28. The Bertz CT molecular complexity index is 193. The molecule has 0 aliphatic rings. The topological polar surface area (TPSA) is 29.5 Å². The van der Waals surface area contributed by atoms with Crippen molar-refractivity contribution in [3.05, 3.63) is 6.10 Å². The van der Waals surface area contributed by atoms with Gasteiger partial charge in [0.05, 0.1) is 0 Å². The molecule has 0 aromatic carbocycles. The molecular formula is C5H4F7O2. The Kier molecular flexibility index (Phi) is 3.39. The van der Waals surface area contributed by atoms with Crippen molar-refractivity contribution in [1.82, 2.24) is 0 Å². The molecule has 0 fully saturated rings. The van der Waals surface area contributed by atoms with E-state index in [1.807, 2.05) is 0 Å². The minimum absolute atomic E-state index is 0.166. The second-order valence-corrected chi connectivity index (χ2v) is 2.15. The Morgan fingerprint density at radius 1 is 1.00 bits per heavy atom. The number of aliphatic hydroxyl groups is 1. The fraction of sp³-hybridized carbons (Fsp3) is 0.800. The highest BCUT2D eigenvalue weighted by atomic mass is 19.4. The minimum Gasteiger partial charge on any atom is -0.361 e. The first-order valence-electron chi connectivity index (χ1n) is 2.91. The summed E-state index contributed by atoms with van der Waals surface area (Å²) in [6.45, 7) is 0. The van der Waals surface area contributed by atoms with Gasteiger partial charge in [0.25, 0.3) is 6.10 Å². The van der Waals surface area contributed by atoms with Crippen molar-refractivity contribution in [3.63, 3.8) is 0 Å². The summed E-state index contributed by atoms with van der Waals surface area (Å²) < 4.78 is 85.7. The Morgan fingerprint density at radius 3 is 1.43 bits per heavy atom. The van der Waals surface area contributed by atoms with Gasteiger partial charge >= 0.3 is 18.2 Å². The Hall–Kier alpha value is -0.570. The van der Waals surface area contributed by atoms with Crippen LogP contribution in [-0.2, 0) is 4.74 Å². The van der Waals surface area contributed by atoms with Crippen LogP contribution in [0.1, 0.15) is 0 Å². The molecule has 0 amide bonds. The first-order valence-corrected chi connectivity index (χ1v) is 2.91. The molecule has 0 aliphatic heterocycles. The van der Waals surface area contributed by atoms with Crippen LogP contribution in [0.25, 0.3) is 0 Å². The van der Waals surface area contributed by atoms with Crippen molar-refractivity contribution in [3.8, 4) is 0 Å². The Balaban J connectivity index is 5.04. The largest absolute Gasteiger partial charge is 0.456 e. The first-order chi connectivity index (χ1) is 5.94. The summed E-state index contributed by atoms with van der Waals surface area (Å²) in [4.78, 5) is 0. The van der Waals surface area contributed by atoms with Crippen LogP contribution >= 0.6 is 0 Å². The van der Waals surface area contributed by atoms with E-state index < -0.39 is 24.3 Å². The van der Waals surface area contributed by atoms with Gasteiger partial charge in [-0.1, -0.05) is 0 Å². The van der Waals surface area contributed by atoms with Gasteiger partial charge in [-0.2, -0.15) is 30.7 Å². The lowest BCUT2D eigenvalue weighted by Crippen LogP contribution is -2.50. The lowest BCUT2D eigenvalue weighted by atomic mass is 10.1. The molecule has 0 rings (SSSR count). The van der Waals surface area contributed by atoms with Crippen molar-refractivity contribution >= 4 is 0 Å². The monoisotopic (exact) mass is 229 g/mol. The van der Waals surface area contributed by atoms with Gasteiger partial charge in [0.15, 0.2) is 0 Å². The normalized spacial score (nSPS) is 15.0. The molecular weight excluding hydrogens is 225 g/mol. The van der Waals surface area contributed by atoms with E-state index in [2.05, 4.69) is 4.74 Å². The highest BCUT2D eigenvalue weighted by molar-refractivity contribution is 5.04. The van der Waals surface area contributed by atoms with Crippen molar-refractivity contribution in [2.45, 2.75) is 18.2 Å². The Labute approximate surface area is 73.3 Å². The van der Waals surface area contributed by atoms with E-state index in [9.17, 15) is 30.7 Å². The van der Waals surface area contributed by atoms with E-state index >= 15 is 0 Å². The molecule has 0 aromatic rings. The van der Waals surface area contributed by atoms with Gasteiger partial charge < -0.3 is 9.84 Å². The summed E-state index contributed by atoms with van der Waals surface area (Å²) in [6.07, 6.45) is -14.7. The number of hydrogen-bond acceptors (Lipinski definition) is 2. The zero-order chi connectivity index (χ0) is 11.8. The lowest BCUT2D eigenvalue weighted by molar-refractivity contribution is -0.337. The second kappa shape index (κ2) is 3.54. The van der Waals surface area contributed by atoms with Gasteiger partial charge in [-0.25, -0.2) is 0 Å². The van der Waals surface area contributed by atoms with Crippen LogP contribution < -0.4 is 0 Å². The molecule has 0 aromatic heterocycles. The molecule has 0 atom stereocenters. The SMILES string of the molecule is CO[C](C(O)(F)F)C(F)(F)C(F)(F)F. The van der Waals surface area contributed by atoms with Gasteiger partial charge in [0, 0.05) is 7.11 Å². The fourth-order valence-corrected chi connectivity index (χ4v) is 0.569. The van der Waals surface area contributed by atoms with Crippen molar-refractivity contribution in [1.29, 1.82) is 0 Å². The van der Waals surface area contributed by atoms with Crippen LogP contribution in [0.5, 0.6) is 0 Å². The third-order valence-corrected chi connectivity index (χ3v) is 1.12.